The Labute approximate surface area is 197 Å². The second-order valence-corrected chi connectivity index (χ2v) is 8.75. The van der Waals surface area contributed by atoms with Crippen LogP contribution in [-0.2, 0) is 21.8 Å². The highest BCUT2D eigenvalue weighted by Crippen LogP contribution is 2.37. The zero-order valence-corrected chi connectivity index (χ0v) is 19.4. The van der Waals surface area contributed by atoms with Crippen molar-refractivity contribution >= 4 is 40.0 Å². The number of ether oxygens (including phenoxy) is 2. The Bertz CT molecular complexity index is 1270. The lowest BCUT2D eigenvalue weighted by molar-refractivity contribution is 0.0601. The summed E-state index contributed by atoms with van der Waals surface area (Å²) in [5.74, 6) is 0.448. The molecule has 0 fully saturated rings. The van der Waals surface area contributed by atoms with Crippen LogP contribution in [0, 0.1) is 0 Å². The summed E-state index contributed by atoms with van der Waals surface area (Å²) in [7, 11) is 2.54. The van der Waals surface area contributed by atoms with E-state index in [0.717, 1.165) is 22.7 Å². The highest BCUT2D eigenvalue weighted by molar-refractivity contribution is 7.98. The third kappa shape index (κ3) is 4.64. The lowest BCUT2D eigenvalue weighted by Crippen LogP contribution is -2.09. The van der Waals surface area contributed by atoms with Crippen LogP contribution in [-0.4, -0.2) is 40.9 Å². The van der Waals surface area contributed by atoms with Crippen LogP contribution in [0.2, 0.25) is 0 Å². The van der Waals surface area contributed by atoms with E-state index in [0.29, 0.717) is 23.1 Å². The van der Waals surface area contributed by atoms with Crippen LogP contribution in [0.15, 0.2) is 58.3 Å². The number of nitrogens with two attached hydrogens (primary N) is 1. The molecule has 9 nitrogen and oxygen atoms in total. The fourth-order valence-electron chi connectivity index (χ4n) is 3.24. The molecule has 0 aliphatic heterocycles. The molecule has 0 saturated carbocycles. The van der Waals surface area contributed by atoms with Crippen LogP contribution in [0.3, 0.4) is 0 Å². The highest BCUT2D eigenvalue weighted by Gasteiger charge is 2.28. The lowest BCUT2D eigenvalue weighted by atomic mass is 10.1. The first-order chi connectivity index (χ1) is 16.0. The first-order valence-corrected chi connectivity index (χ1v) is 11.5. The van der Waals surface area contributed by atoms with Crippen molar-refractivity contribution in [2.24, 2.45) is 0 Å². The Hall–Kier alpha value is -3.57. The Balaban J connectivity index is 1.71. The summed E-state index contributed by atoms with van der Waals surface area (Å²) in [5.41, 5.74) is 7.54. The van der Waals surface area contributed by atoms with Crippen molar-refractivity contribution in [3.63, 3.8) is 0 Å². The predicted molar refractivity (Wildman–Crippen MR) is 124 cm³/mol. The Morgan fingerprint density at radius 2 is 1.85 bits per heavy atom. The number of methoxy groups -OCH3 is 2. The van der Waals surface area contributed by atoms with Crippen LogP contribution >= 0.6 is 23.1 Å². The Morgan fingerprint density at radius 3 is 2.52 bits per heavy atom. The largest absolute Gasteiger partial charge is 0.467 e. The van der Waals surface area contributed by atoms with Gasteiger partial charge in [-0.05, 0) is 12.1 Å². The molecule has 4 aromatic rings. The summed E-state index contributed by atoms with van der Waals surface area (Å²) in [4.78, 5) is 24.9. The molecule has 2 N–H and O–H groups in total. The van der Waals surface area contributed by atoms with Crippen LogP contribution in [0.1, 0.15) is 31.4 Å². The van der Waals surface area contributed by atoms with Gasteiger partial charge in [-0.15, -0.1) is 21.5 Å². The van der Waals surface area contributed by atoms with Gasteiger partial charge in [-0.2, -0.15) is 0 Å². The minimum Gasteiger partial charge on any atom is -0.467 e. The van der Waals surface area contributed by atoms with Crippen molar-refractivity contribution in [1.29, 1.82) is 0 Å². The monoisotopic (exact) mass is 484 g/mol. The van der Waals surface area contributed by atoms with Gasteiger partial charge in [-0.25, -0.2) is 9.59 Å². The van der Waals surface area contributed by atoms with E-state index < -0.39 is 11.9 Å². The molecule has 0 aliphatic rings. The number of carbonyl (C=O) groups is 2. The summed E-state index contributed by atoms with van der Waals surface area (Å²) in [6, 6.07) is 13.3. The first kappa shape index (κ1) is 22.6. The summed E-state index contributed by atoms with van der Waals surface area (Å²) in [6.07, 6.45) is 1.61. The number of thiophene rings is 1. The van der Waals surface area contributed by atoms with Gasteiger partial charge in [0.25, 0.3) is 0 Å². The molecule has 3 heterocycles. The van der Waals surface area contributed by atoms with E-state index in [1.165, 1.54) is 26.0 Å². The number of nitrogen functional groups attached to an aromatic ring is 1. The van der Waals surface area contributed by atoms with E-state index in [1.807, 2.05) is 47.0 Å². The fraction of sp³-hybridized carbons (Fsp3) is 0.182. The van der Waals surface area contributed by atoms with Gasteiger partial charge in [0.1, 0.15) is 15.6 Å². The zero-order valence-electron chi connectivity index (χ0n) is 17.8. The Kier molecular flexibility index (Phi) is 6.80. The average molecular weight is 485 g/mol. The molecule has 4 rings (SSSR count). The van der Waals surface area contributed by atoms with Crippen LogP contribution in [0.4, 0.5) is 5.00 Å². The number of hydrogen-bond acceptors (Lipinski definition) is 10. The summed E-state index contributed by atoms with van der Waals surface area (Å²) >= 11 is 2.31. The van der Waals surface area contributed by atoms with Crippen LogP contribution in [0.25, 0.3) is 11.4 Å². The van der Waals surface area contributed by atoms with Crippen molar-refractivity contribution in [3.8, 4) is 11.4 Å². The highest BCUT2D eigenvalue weighted by atomic mass is 32.2. The lowest BCUT2D eigenvalue weighted by Gasteiger charge is -2.10. The molecular formula is C22H20N4O5S2. The third-order valence-electron chi connectivity index (χ3n) is 4.78. The van der Waals surface area contributed by atoms with E-state index >= 15 is 0 Å². The van der Waals surface area contributed by atoms with Gasteiger partial charge in [-0.3, -0.25) is 4.57 Å². The van der Waals surface area contributed by atoms with E-state index in [2.05, 4.69) is 10.2 Å². The molecule has 170 valence electrons. The molecule has 0 amide bonds. The number of benzene rings is 1. The molecule has 0 unspecified atom stereocenters. The fourth-order valence-corrected chi connectivity index (χ4v) is 5.29. The molecule has 0 bridgehead atoms. The molecule has 0 aliphatic carbocycles. The van der Waals surface area contributed by atoms with Crippen molar-refractivity contribution in [2.45, 2.75) is 17.5 Å². The predicted octanol–water partition coefficient (Wildman–Crippen LogP) is 4.10. The average Bonchev–Trinajstić information content (AvgIpc) is 3.57. The number of esters is 2. The number of hydrogen-bond donors (Lipinski definition) is 1. The third-order valence-corrected chi connectivity index (χ3v) is 6.82. The number of rotatable bonds is 8. The molecule has 0 radical (unpaired) electrons. The number of anilines is 1. The van der Waals surface area contributed by atoms with Gasteiger partial charge in [0, 0.05) is 16.9 Å². The number of furan rings is 1. The summed E-state index contributed by atoms with van der Waals surface area (Å²) < 4.78 is 17.2. The number of carbonyl (C=O) groups excluding carboxylic acids is 2. The molecule has 1 aromatic carbocycles. The molecule has 33 heavy (non-hydrogen) atoms. The van der Waals surface area contributed by atoms with E-state index in [1.54, 1.807) is 6.26 Å². The van der Waals surface area contributed by atoms with Crippen molar-refractivity contribution in [3.05, 3.63) is 70.5 Å². The van der Waals surface area contributed by atoms with E-state index in [9.17, 15) is 9.59 Å². The maximum Gasteiger partial charge on any atom is 0.348 e. The molecular weight excluding hydrogens is 464 g/mol. The first-order valence-electron chi connectivity index (χ1n) is 9.75. The van der Waals surface area contributed by atoms with Gasteiger partial charge in [0.2, 0.25) is 0 Å². The number of thioether (sulfide) groups is 1. The van der Waals surface area contributed by atoms with Gasteiger partial charge < -0.3 is 19.6 Å². The van der Waals surface area contributed by atoms with Crippen molar-refractivity contribution in [1.82, 2.24) is 14.8 Å². The topological polar surface area (TPSA) is 122 Å². The molecule has 0 spiro atoms. The smallest absolute Gasteiger partial charge is 0.348 e. The second kappa shape index (κ2) is 9.92. The standard InChI is InChI=1S/C22H20N4O5S2/c1-29-20(27)16-15(17(21(28)30-2)33-18(16)23)12-32-22-25-24-19(13-7-4-3-5-8-13)26(22)11-14-9-6-10-31-14/h3-10H,11-12,23H2,1-2H3. The van der Waals surface area contributed by atoms with Crippen molar-refractivity contribution in [2.75, 3.05) is 20.0 Å². The quantitative estimate of drug-likeness (QED) is 0.291. The number of nitrogens with zero attached hydrogens (tertiary/aromatic N) is 3. The van der Waals surface area contributed by atoms with E-state index in [-0.39, 0.29) is 21.2 Å². The SMILES string of the molecule is COC(=O)c1sc(N)c(C(=O)OC)c1CSc1nnc(-c2ccccc2)n1Cc1ccco1. The zero-order chi connectivity index (χ0) is 23.4. The molecule has 3 aromatic heterocycles. The summed E-state index contributed by atoms with van der Waals surface area (Å²) in [6.45, 7) is 0.409. The van der Waals surface area contributed by atoms with Gasteiger partial charge in [0.15, 0.2) is 11.0 Å². The maximum absolute atomic E-state index is 12.4. The molecule has 0 atom stereocenters. The van der Waals surface area contributed by atoms with Crippen molar-refractivity contribution < 1.29 is 23.5 Å². The van der Waals surface area contributed by atoms with Crippen LogP contribution in [0.5, 0.6) is 0 Å². The minimum absolute atomic E-state index is 0.163. The van der Waals surface area contributed by atoms with Gasteiger partial charge in [-0.1, -0.05) is 42.1 Å². The van der Waals surface area contributed by atoms with E-state index in [4.69, 9.17) is 19.6 Å². The second-order valence-electron chi connectivity index (χ2n) is 6.76. The molecule has 0 saturated heterocycles. The van der Waals surface area contributed by atoms with Gasteiger partial charge >= 0.3 is 11.9 Å². The maximum atomic E-state index is 12.4. The normalized spacial score (nSPS) is 10.8. The van der Waals surface area contributed by atoms with Crippen LogP contribution < -0.4 is 5.73 Å². The minimum atomic E-state index is -0.614. The number of aromatic nitrogens is 3. The van der Waals surface area contributed by atoms with Gasteiger partial charge in [0.05, 0.1) is 32.6 Å². The molecule has 11 heteroatoms. The Morgan fingerprint density at radius 1 is 1.09 bits per heavy atom. The summed E-state index contributed by atoms with van der Waals surface area (Å²) in [5, 5.41) is 9.51.